The van der Waals surface area contributed by atoms with Crippen molar-refractivity contribution in [1.29, 1.82) is 0 Å². The topological polar surface area (TPSA) is 65.7 Å². The average Bonchev–Trinajstić information content (AvgIpc) is 2.82. The van der Waals surface area contributed by atoms with Crippen molar-refractivity contribution in [2.45, 2.75) is 6.92 Å². The maximum absolute atomic E-state index is 13.3. The van der Waals surface area contributed by atoms with E-state index in [2.05, 4.69) is 37.0 Å². The second kappa shape index (κ2) is 9.67. The number of methoxy groups -OCH3 is 1. The van der Waals surface area contributed by atoms with Gasteiger partial charge in [-0.15, -0.1) is 0 Å². The minimum absolute atomic E-state index is 0.251. The predicted molar refractivity (Wildman–Crippen MR) is 134 cm³/mol. The second-order valence-electron chi connectivity index (χ2n) is 6.74. The van der Waals surface area contributed by atoms with Gasteiger partial charge in [0.25, 0.3) is 5.56 Å². The Morgan fingerprint density at radius 1 is 1.06 bits per heavy atom. The van der Waals surface area contributed by atoms with Crippen molar-refractivity contribution in [3.05, 3.63) is 85.5 Å². The Balaban J connectivity index is 1.91. The van der Waals surface area contributed by atoms with Gasteiger partial charge in [-0.1, -0.05) is 42.5 Å². The number of rotatable bonds is 6. The summed E-state index contributed by atoms with van der Waals surface area (Å²) in [7, 11) is 1.58. The molecular weight excluding hydrogens is 538 g/mol. The van der Waals surface area contributed by atoms with Gasteiger partial charge in [0.05, 0.1) is 35.3 Å². The molecule has 0 bridgehead atoms. The molecule has 162 valence electrons. The molecule has 0 N–H and O–H groups in total. The lowest BCUT2D eigenvalue weighted by Crippen LogP contribution is -2.20. The van der Waals surface area contributed by atoms with Gasteiger partial charge in [-0.25, -0.2) is 4.98 Å². The summed E-state index contributed by atoms with van der Waals surface area (Å²) in [6, 6.07) is 18.6. The van der Waals surface area contributed by atoms with Crippen molar-refractivity contribution >= 4 is 49.0 Å². The highest BCUT2D eigenvalue weighted by atomic mass is 79.9. The molecule has 0 unspecified atom stereocenters. The minimum atomic E-state index is -0.251. The summed E-state index contributed by atoms with van der Waals surface area (Å²) in [6.45, 7) is 2.38. The van der Waals surface area contributed by atoms with Gasteiger partial charge in [0.2, 0.25) is 0 Å². The molecule has 1 aromatic heterocycles. The number of hydrogen-bond donors (Lipinski definition) is 0. The van der Waals surface area contributed by atoms with Crippen molar-refractivity contribution in [3.63, 3.8) is 0 Å². The summed E-state index contributed by atoms with van der Waals surface area (Å²) >= 11 is 7.12. The molecule has 0 spiro atoms. The smallest absolute Gasteiger partial charge is 0.282 e. The zero-order valence-electron chi connectivity index (χ0n) is 17.4. The summed E-state index contributed by atoms with van der Waals surface area (Å²) in [5.41, 5.74) is 1.87. The summed E-state index contributed by atoms with van der Waals surface area (Å²) < 4.78 is 13.9. The minimum Gasteiger partial charge on any atom is -0.492 e. The van der Waals surface area contributed by atoms with E-state index in [1.807, 2.05) is 61.5 Å². The number of ether oxygens (including phenoxy) is 2. The van der Waals surface area contributed by atoms with Crippen molar-refractivity contribution in [2.75, 3.05) is 13.7 Å². The fourth-order valence-electron chi connectivity index (χ4n) is 3.28. The average molecular weight is 557 g/mol. The fraction of sp³-hybridized carbons (Fsp3) is 0.125. The van der Waals surface area contributed by atoms with E-state index in [9.17, 15) is 4.79 Å². The quantitative estimate of drug-likeness (QED) is 0.278. The van der Waals surface area contributed by atoms with E-state index in [1.54, 1.807) is 19.4 Å². The first-order valence-corrected chi connectivity index (χ1v) is 11.4. The molecule has 0 saturated carbocycles. The SMILES string of the molecule is CCOc1cc(C=Nn2c(-c3ccccc3)nc3ccccc3c2=O)c(Br)c(Br)c1OC. The monoisotopic (exact) mass is 555 g/mol. The zero-order chi connectivity index (χ0) is 22.7. The van der Waals surface area contributed by atoms with Crippen LogP contribution in [0.4, 0.5) is 0 Å². The third kappa shape index (κ3) is 4.20. The fourth-order valence-corrected chi connectivity index (χ4v) is 4.26. The molecule has 0 radical (unpaired) electrons. The maximum Gasteiger partial charge on any atom is 0.282 e. The van der Waals surface area contributed by atoms with E-state index in [0.29, 0.717) is 44.9 Å². The van der Waals surface area contributed by atoms with E-state index < -0.39 is 0 Å². The van der Waals surface area contributed by atoms with Crippen molar-refractivity contribution in [1.82, 2.24) is 9.66 Å². The van der Waals surface area contributed by atoms with Crippen LogP contribution in [0.2, 0.25) is 0 Å². The Morgan fingerprint density at radius 3 is 2.50 bits per heavy atom. The molecule has 8 heteroatoms. The number of para-hydroxylation sites is 1. The first-order chi connectivity index (χ1) is 15.5. The van der Waals surface area contributed by atoms with Crippen LogP contribution in [0.5, 0.6) is 11.5 Å². The normalized spacial score (nSPS) is 11.2. The zero-order valence-corrected chi connectivity index (χ0v) is 20.6. The highest BCUT2D eigenvalue weighted by molar-refractivity contribution is 9.13. The molecule has 0 aliphatic heterocycles. The van der Waals surface area contributed by atoms with E-state index in [1.165, 1.54) is 4.68 Å². The highest BCUT2D eigenvalue weighted by Crippen LogP contribution is 2.42. The van der Waals surface area contributed by atoms with Crippen LogP contribution in [0, 0.1) is 0 Å². The van der Waals surface area contributed by atoms with Gasteiger partial charge in [-0.3, -0.25) is 4.79 Å². The van der Waals surface area contributed by atoms with Gasteiger partial charge in [0, 0.05) is 15.6 Å². The standard InChI is InChI=1S/C24H19Br2N3O3/c1-3-32-19-13-16(20(25)21(26)22(19)31-2)14-27-29-23(15-9-5-4-6-10-15)28-18-12-8-7-11-17(18)24(29)30/h4-14H,3H2,1-2H3. The first-order valence-electron chi connectivity index (χ1n) is 9.85. The molecule has 1 heterocycles. The molecule has 6 nitrogen and oxygen atoms in total. The molecule has 0 atom stereocenters. The number of aromatic nitrogens is 2. The van der Waals surface area contributed by atoms with Gasteiger partial charge in [0.15, 0.2) is 17.3 Å². The number of hydrogen-bond acceptors (Lipinski definition) is 5. The third-order valence-corrected chi connectivity index (χ3v) is 6.90. The second-order valence-corrected chi connectivity index (χ2v) is 8.32. The molecule has 4 aromatic rings. The maximum atomic E-state index is 13.3. The molecule has 3 aromatic carbocycles. The van der Waals surface area contributed by atoms with Crippen LogP contribution >= 0.6 is 31.9 Å². The highest BCUT2D eigenvalue weighted by Gasteiger charge is 2.17. The molecule has 4 rings (SSSR count). The Kier molecular flexibility index (Phi) is 6.72. The molecule has 0 saturated heterocycles. The number of halogens is 2. The molecule has 0 amide bonds. The van der Waals surface area contributed by atoms with E-state index in [0.717, 1.165) is 10.0 Å². The van der Waals surface area contributed by atoms with Crippen LogP contribution in [-0.4, -0.2) is 29.6 Å². The Bertz CT molecular complexity index is 1370. The largest absolute Gasteiger partial charge is 0.492 e. The van der Waals surface area contributed by atoms with Crippen molar-refractivity contribution in [2.24, 2.45) is 5.10 Å². The van der Waals surface area contributed by atoms with Crippen LogP contribution < -0.4 is 15.0 Å². The van der Waals surface area contributed by atoms with Gasteiger partial charge in [-0.05, 0) is 57.0 Å². The lowest BCUT2D eigenvalue weighted by atomic mass is 10.2. The van der Waals surface area contributed by atoms with Gasteiger partial charge >= 0.3 is 0 Å². The Hall–Kier alpha value is -2.97. The lowest BCUT2D eigenvalue weighted by molar-refractivity contribution is 0.309. The summed E-state index contributed by atoms with van der Waals surface area (Å²) in [5.74, 6) is 1.60. The van der Waals surface area contributed by atoms with E-state index in [-0.39, 0.29) is 5.56 Å². The third-order valence-electron chi connectivity index (χ3n) is 4.76. The number of nitrogens with zero attached hydrogens (tertiary/aromatic N) is 3. The van der Waals surface area contributed by atoms with Gasteiger partial charge in [-0.2, -0.15) is 9.78 Å². The molecule has 0 aliphatic carbocycles. The molecule has 0 aliphatic rings. The van der Waals surface area contributed by atoms with Crippen molar-refractivity contribution < 1.29 is 9.47 Å². The number of benzene rings is 3. The lowest BCUT2D eigenvalue weighted by Gasteiger charge is -2.14. The van der Waals surface area contributed by atoms with Crippen molar-refractivity contribution in [3.8, 4) is 22.9 Å². The number of fused-ring (bicyclic) bond motifs is 1. The van der Waals surface area contributed by atoms with Crippen LogP contribution in [0.3, 0.4) is 0 Å². The summed E-state index contributed by atoms with van der Waals surface area (Å²) in [5, 5.41) is 5.03. The molecular formula is C24H19Br2N3O3. The van der Waals surface area contributed by atoms with E-state index >= 15 is 0 Å². The van der Waals surface area contributed by atoms with Crippen LogP contribution in [-0.2, 0) is 0 Å². The van der Waals surface area contributed by atoms with E-state index in [4.69, 9.17) is 14.5 Å². The molecule has 32 heavy (non-hydrogen) atoms. The Labute approximate surface area is 201 Å². The van der Waals surface area contributed by atoms with Gasteiger partial charge < -0.3 is 9.47 Å². The first kappa shape index (κ1) is 22.2. The summed E-state index contributed by atoms with van der Waals surface area (Å²) in [6.07, 6.45) is 1.60. The summed E-state index contributed by atoms with van der Waals surface area (Å²) in [4.78, 5) is 18.0. The van der Waals surface area contributed by atoms with Crippen LogP contribution in [0.25, 0.3) is 22.3 Å². The van der Waals surface area contributed by atoms with Crippen LogP contribution in [0.1, 0.15) is 12.5 Å². The van der Waals surface area contributed by atoms with Crippen LogP contribution in [0.15, 0.2) is 79.5 Å². The van der Waals surface area contributed by atoms with Gasteiger partial charge in [0.1, 0.15) is 0 Å². The molecule has 0 fully saturated rings. The Morgan fingerprint density at radius 2 is 1.78 bits per heavy atom. The predicted octanol–water partition coefficient (Wildman–Crippen LogP) is 5.88.